The van der Waals surface area contributed by atoms with Gasteiger partial charge in [0.05, 0.1) is 25.0 Å². The third kappa shape index (κ3) is 5.50. The minimum atomic E-state index is -4.03. The predicted molar refractivity (Wildman–Crippen MR) is 138 cm³/mol. The molecule has 13 nitrogen and oxygen atoms in total. The van der Waals surface area contributed by atoms with E-state index in [1.165, 1.54) is 16.9 Å². The molecule has 1 saturated carbocycles. The Morgan fingerprint density at radius 1 is 1.31 bits per heavy atom. The Morgan fingerprint density at radius 2 is 2.08 bits per heavy atom. The minimum Gasteiger partial charge on any atom is -0.413 e. The van der Waals surface area contributed by atoms with Crippen LogP contribution in [0.3, 0.4) is 0 Å². The Bertz CT molecular complexity index is 1380. The number of aliphatic hydroxyl groups excluding tert-OH is 2. The van der Waals surface area contributed by atoms with Gasteiger partial charge in [-0.15, -0.1) is 0 Å². The van der Waals surface area contributed by atoms with Crippen LogP contribution in [0.25, 0.3) is 5.52 Å². The number of benzene rings is 1. The van der Waals surface area contributed by atoms with Gasteiger partial charge < -0.3 is 29.9 Å². The second-order valence-electron chi connectivity index (χ2n) is 9.71. The van der Waals surface area contributed by atoms with Crippen LogP contribution in [-0.2, 0) is 24.2 Å². The second kappa shape index (κ2) is 11.2. The Kier molecular flexibility index (Phi) is 7.89. The van der Waals surface area contributed by atoms with Crippen molar-refractivity contribution in [1.29, 1.82) is 5.26 Å². The van der Waals surface area contributed by atoms with Crippen LogP contribution in [0, 0.1) is 11.3 Å². The summed E-state index contributed by atoms with van der Waals surface area (Å²) in [5.41, 5.74) is 4.43. The lowest BCUT2D eigenvalue weighted by molar-refractivity contribution is -0.0622. The first kappa shape index (κ1) is 27.5. The van der Waals surface area contributed by atoms with Crippen molar-refractivity contribution < 1.29 is 33.3 Å². The maximum absolute atomic E-state index is 13.8. The molecule has 0 amide bonds. The molecule has 1 aromatic carbocycles. The molecule has 5 rings (SSSR count). The van der Waals surface area contributed by atoms with E-state index in [0.717, 1.165) is 19.3 Å². The van der Waals surface area contributed by atoms with Gasteiger partial charge >= 0.3 is 7.75 Å². The third-order valence-corrected chi connectivity index (χ3v) is 8.57. The first-order valence-electron chi connectivity index (χ1n) is 12.7. The maximum Gasteiger partial charge on any atom is 0.459 e. The molecule has 1 aliphatic heterocycles. The summed E-state index contributed by atoms with van der Waals surface area (Å²) < 4.78 is 38.4. The average molecular weight is 559 g/mol. The fraction of sp³-hybridized carbons (Fsp3) is 0.480. The summed E-state index contributed by atoms with van der Waals surface area (Å²) in [6.45, 7) is 1.62. The number of nitrogens with one attached hydrogen (secondary N) is 1. The zero-order chi connectivity index (χ0) is 27.6. The number of nitriles is 1. The van der Waals surface area contributed by atoms with Gasteiger partial charge in [-0.1, -0.05) is 18.2 Å². The van der Waals surface area contributed by atoms with Crippen LogP contribution < -0.4 is 15.3 Å². The van der Waals surface area contributed by atoms with Crippen LogP contribution in [0.4, 0.5) is 5.82 Å². The Morgan fingerprint density at radius 3 is 2.77 bits per heavy atom. The first-order valence-corrected chi connectivity index (χ1v) is 14.2. The molecule has 2 fully saturated rings. The molecule has 14 heteroatoms. The van der Waals surface area contributed by atoms with Gasteiger partial charge in [0.2, 0.25) is 5.60 Å². The lowest BCUT2D eigenvalue weighted by atomic mass is 9.92. The van der Waals surface area contributed by atoms with Crippen molar-refractivity contribution >= 4 is 19.1 Å². The van der Waals surface area contributed by atoms with E-state index in [2.05, 4.69) is 15.2 Å². The molecule has 2 aliphatic rings. The van der Waals surface area contributed by atoms with Crippen LogP contribution in [0.15, 0.2) is 48.8 Å². The summed E-state index contributed by atoms with van der Waals surface area (Å²) in [5.74, 6) is 0.467. The normalized spacial score (nSPS) is 27.5. The Labute approximate surface area is 225 Å². The summed E-state index contributed by atoms with van der Waals surface area (Å²) in [4.78, 5) is 3.92. The minimum absolute atomic E-state index is 0.145. The smallest absolute Gasteiger partial charge is 0.413 e. The number of hydrogen-bond acceptors (Lipinski definition) is 11. The number of aromatic nitrogens is 3. The third-order valence-electron chi connectivity index (χ3n) is 6.88. The van der Waals surface area contributed by atoms with E-state index in [1.54, 1.807) is 43.3 Å². The van der Waals surface area contributed by atoms with Crippen molar-refractivity contribution in [1.82, 2.24) is 19.7 Å². The SMILES string of the molecule is C[C@@H](COC1CCC1)NP(=O)(OC[C@H]1O[C@@](C#N)(c2ccc3c(N)ncnn23)[C@H](O)[C@@H]1O)Oc1ccccc1. The maximum atomic E-state index is 13.8. The summed E-state index contributed by atoms with van der Waals surface area (Å²) in [6.07, 6.45) is 0.0475. The number of para-hydroxylation sites is 1. The fourth-order valence-electron chi connectivity index (χ4n) is 4.56. The monoisotopic (exact) mass is 558 g/mol. The summed E-state index contributed by atoms with van der Waals surface area (Å²) >= 11 is 0. The van der Waals surface area contributed by atoms with E-state index in [-0.39, 0.29) is 17.6 Å². The highest BCUT2D eigenvalue weighted by Crippen LogP contribution is 2.47. The highest BCUT2D eigenvalue weighted by molar-refractivity contribution is 7.52. The predicted octanol–water partition coefficient (Wildman–Crippen LogP) is 1.90. The summed E-state index contributed by atoms with van der Waals surface area (Å²) in [5, 5.41) is 38.9. The highest BCUT2D eigenvalue weighted by atomic mass is 31.2. The van der Waals surface area contributed by atoms with Gasteiger partial charge in [-0.05, 0) is 50.5 Å². The van der Waals surface area contributed by atoms with Crippen LogP contribution in [0.1, 0.15) is 31.9 Å². The van der Waals surface area contributed by atoms with Gasteiger partial charge in [0.1, 0.15) is 42.0 Å². The molecule has 2 aromatic heterocycles. The van der Waals surface area contributed by atoms with Crippen LogP contribution in [0.5, 0.6) is 5.75 Å². The van der Waals surface area contributed by atoms with Crippen molar-refractivity contribution in [2.24, 2.45) is 0 Å². The molecule has 0 radical (unpaired) electrons. The van der Waals surface area contributed by atoms with Crippen LogP contribution >= 0.6 is 7.75 Å². The van der Waals surface area contributed by atoms with Gasteiger partial charge in [0, 0.05) is 6.04 Å². The molecule has 0 bridgehead atoms. The molecular formula is C25H31N6O7P. The summed E-state index contributed by atoms with van der Waals surface area (Å²) in [7, 11) is -4.03. The molecule has 39 heavy (non-hydrogen) atoms. The standard InChI is InChI=1S/C25H31N6O7P/c1-16(12-35-17-8-5-9-17)30-39(34,38-18-6-3-2-4-7-18)36-13-20-22(32)23(33)25(14-26,37-20)21-11-10-19-24(27)28-15-29-31(19)21/h2-4,6-7,10-11,15-17,20,22-23,32-33H,5,8-9,12-13H2,1H3,(H,30,34)(H2,27,28,29)/t16-,20+,22+,23+,25-,39?/m0/s1. The van der Waals surface area contributed by atoms with E-state index in [9.17, 15) is 20.0 Å². The Hall–Kier alpha value is -3.08. The van der Waals surface area contributed by atoms with E-state index in [4.69, 9.17) is 24.3 Å². The number of aliphatic hydroxyl groups is 2. The first-order chi connectivity index (χ1) is 18.7. The van der Waals surface area contributed by atoms with Crippen LogP contribution in [-0.4, -0.2) is 68.5 Å². The van der Waals surface area contributed by atoms with Gasteiger partial charge in [0.25, 0.3) is 0 Å². The molecule has 1 saturated heterocycles. The quantitative estimate of drug-likeness (QED) is 0.251. The van der Waals surface area contributed by atoms with E-state index in [0.29, 0.717) is 17.9 Å². The summed E-state index contributed by atoms with van der Waals surface area (Å²) in [6, 6.07) is 13.2. The molecule has 3 aromatic rings. The highest BCUT2D eigenvalue weighted by Gasteiger charge is 2.58. The van der Waals surface area contributed by atoms with Crippen LogP contribution in [0.2, 0.25) is 0 Å². The molecule has 3 heterocycles. The van der Waals surface area contributed by atoms with E-state index >= 15 is 0 Å². The molecule has 1 aliphatic carbocycles. The van der Waals surface area contributed by atoms with Crippen molar-refractivity contribution in [2.75, 3.05) is 18.9 Å². The van der Waals surface area contributed by atoms with E-state index < -0.39 is 44.3 Å². The van der Waals surface area contributed by atoms with Crippen molar-refractivity contribution in [3.63, 3.8) is 0 Å². The van der Waals surface area contributed by atoms with Gasteiger partial charge in [-0.3, -0.25) is 4.52 Å². The lowest BCUT2D eigenvalue weighted by Crippen LogP contribution is -2.41. The number of nitrogens with zero attached hydrogens (tertiary/aromatic N) is 4. The number of nitrogens with two attached hydrogens (primary N) is 1. The van der Waals surface area contributed by atoms with E-state index in [1.807, 2.05) is 6.07 Å². The molecule has 0 spiro atoms. The Balaban J connectivity index is 1.34. The molecular weight excluding hydrogens is 527 g/mol. The second-order valence-corrected chi connectivity index (χ2v) is 11.4. The molecule has 1 unspecified atom stereocenters. The number of ether oxygens (including phenoxy) is 2. The van der Waals surface area contributed by atoms with Gasteiger partial charge in [0.15, 0.2) is 5.82 Å². The molecule has 5 N–H and O–H groups in total. The zero-order valence-corrected chi connectivity index (χ0v) is 22.2. The number of rotatable bonds is 11. The van der Waals surface area contributed by atoms with Crippen molar-refractivity contribution in [3.05, 3.63) is 54.5 Å². The van der Waals surface area contributed by atoms with Gasteiger partial charge in [-0.25, -0.2) is 19.2 Å². The van der Waals surface area contributed by atoms with Crippen molar-refractivity contribution in [3.8, 4) is 11.8 Å². The molecule has 208 valence electrons. The fourth-order valence-corrected chi connectivity index (χ4v) is 6.09. The number of anilines is 1. The lowest BCUT2D eigenvalue weighted by Gasteiger charge is -2.29. The van der Waals surface area contributed by atoms with Crippen molar-refractivity contribution in [2.45, 2.75) is 62.2 Å². The zero-order valence-electron chi connectivity index (χ0n) is 21.3. The number of fused-ring (bicyclic) bond motifs is 1. The van der Waals surface area contributed by atoms with Gasteiger partial charge in [-0.2, -0.15) is 10.4 Å². The molecule has 6 atom stereocenters. The number of nitrogen functional groups attached to an aromatic ring is 1. The average Bonchev–Trinajstić information content (AvgIpc) is 3.43. The number of hydrogen-bond donors (Lipinski definition) is 4. The largest absolute Gasteiger partial charge is 0.459 e. The topological polar surface area (TPSA) is 186 Å².